The van der Waals surface area contributed by atoms with Crippen LogP contribution in [-0.2, 0) is 11.0 Å². The van der Waals surface area contributed by atoms with Crippen molar-refractivity contribution in [3.63, 3.8) is 0 Å². The monoisotopic (exact) mass is 370 g/mol. The lowest BCUT2D eigenvalue weighted by molar-refractivity contribution is -0.137. The number of nitrogens with one attached hydrogen (secondary N) is 2. The second-order valence-corrected chi connectivity index (χ2v) is 6.82. The van der Waals surface area contributed by atoms with Crippen molar-refractivity contribution >= 4 is 22.9 Å². The van der Waals surface area contributed by atoms with Gasteiger partial charge in [0.15, 0.2) is 0 Å². The lowest BCUT2D eigenvalue weighted by Crippen LogP contribution is -2.33. The lowest BCUT2D eigenvalue weighted by atomic mass is 10.1. The van der Waals surface area contributed by atoms with Crippen LogP contribution >= 0.6 is 11.3 Å². The molecule has 25 heavy (non-hydrogen) atoms. The van der Waals surface area contributed by atoms with E-state index >= 15 is 0 Å². The molecule has 0 aliphatic carbocycles. The van der Waals surface area contributed by atoms with Crippen LogP contribution in [0.1, 0.15) is 43.2 Å². The molecule has 0 bridgehead atoms. The summed E-state index contributed by atoms with van der Waals surface area (Å²) in [6.45, 7) is 3.90. The predicted molar refractivity (Wildman–Crippen MR) is 94.6 cm³/mol. The van der Waals surface area contributed by atoms with Crippen molar-refractivity contribution in [3.8, 4) is 0 Å². The quantitative estimate of drug-likeness (QED) is 0.701. The Labute approximate surface area is 149 Å². The molecule has 2 unspecified atom stereocenters. The zero-order valence-electron chi connectivity index (χ0n) is 14.1. The van der Waals surface area contributed by atoms with E-state index in [0.29, 0.717) is 0 Å². The molecule has 0 fully saturated rings. The Balaban J connectivity index is 1.96. The first-order chi connectivity index (χ1) is 11.8. The standard InChI is InChI=1S/C18H21F3N2OS/c1-3-14(16-9-6-10-25-16)22-12(2)11-17(24)23-15-8-5-4-7-13(15)18(19,20)21/h4-10,12,14,22H,3,11H2,1-2H3,(H,23,24). The van der Waals surface area contributed by atoms with Crippen LogP contribution in [-0.4, -0.2) is 11.9 Å². The van der Waals surface area contributed by atoms with E-state index in [0.717, 1.165) is 12.5 Å². The van der Waals surface area contributed by atoms with Crippen molar-refractivity contribution in [2.24, 2.45) is 0 Å². The number of rotatable bonds is 7. The van der Waals surface area contributed by atoms with E-state index in [9.17, 15) is 18.0 Å². The van der Waals surface area contributed by atoms with Crippen molar-refractivity contribution in [2.75, 3.05) is 5.32 Å². The molecule has 0 aliphatic rings. The number of hydrogen-bond acceptors (Lipinski definition) is 3. The van der Waals surface area contributed by atoms with Gasteiger partial charge in [0.25, 0.3) is 0 Å². The third-order valence-corrected chi connectivity index (χ3v) is 4.76. The van der Waals surface area contributed by atoms with Crippen LogP contribution < -0.4 is 10.6 Å². The average molecular weight is 370 g/mol. The number of thiophene rings is 1. The fraction of sp³-hybridized carbons (Fsp3) is 0.389. The first-order valence-electron chi connectivity index (χ1n) is 8.06. The maximum Gasteiger partial charge on any atom is 0.418 e. The summed E-state index contributed by atoms with van der Waals surface area (Å²) in [5.74, 6) is -0.447. The molecule has 1 amide bonds. The third-order valence-electron chi connectivity index (χ3n) is 3.78. The summed E-state index contributed by atoms with van der Waals surface area (Å²) >= 11 is 1.64. The van der Waals surface area contributed by atoms with Crippen molar-refractivity contribution in [1.29, 1.82) is 0 Å². The van der Waals surface area contributed by atoms with Crippen LogP contribution in [0.15, 0.2) is 41.8 Å². The van der Waals surface area contributed by atoms with Crippen LogP contribution in [0.4, 0.5) is 18.9 Å². The highest BCUT2D eigenvalue weighted by Crippen LogP contribution is 2.34. The fourth-order valence-electron chi connectivity index (χ4n) is 2.61. The molecule has 2 rings (SSSR count). The molecule has 0 radical (unpaired) electrons. The fourth-order valence-corrected chi connectivity index (χ4v) is 3.48. The Morgan fingerprint density at radius 3 is 2.52 bits per heavy atom. The Hall–Kier alpha value is -1.86. The van der Waals surface area contributed by atoms with Gasteiger partial charge in [0.2, 0.25) is 5.91 Å². The van der Waals surface area contributed by atoms with E-state index in [-0.39, 0.29) is 24.2 Å². The van der Waals surface area contributed by atoms with Crippen LogP contribution in [0.25, 0.3) is 0 Å². The first kappa shape index (κ1) is 19.5. The van der Waals surface area contributed by atoms with Gasteiger partial charge in [-0.2, -0.15) is 13.2 Å². The van der Waals surface area contributed by atoms with Gasteiger partial charge in [-0.05, 0) is 36.9 Å². The molecule has 0 spiro atoms. The lowest BCUT2D eigenvalue weighted by Gasteiger charge is -2.21. The van der Waals surface area contributed by atoms with E-state index in [2.05, 4.69) is 10.6 Å². The number of anilines is 1. The number of amides is 1. The number of carbonyl (C=O) groups is 1. The first-order valence-corrected chi connectivity index (χ1v) is 8.94. The predicted octanol–water partition coefficient (Wildman–Crippen LogP) is 5.22. The molecule has 1 aromatic carbocycles. The van der Waals surface area contributed by atoms with Gasteiger partial charge in [-0.15, -0.1) is 11.3 Å². The molecule has 2 N–H and O–H groups in total. The van der Waals surface area contributed by atoms with Crippen LogP contribution in [0, 0.1) is 0 Å². The van der Waals surface area contributed by atoms with Crippen molar-refractivity contribution in [2.45, 2.75) is 44.9 Å². The van der Waals surface area contributed by atoms with Crippen molar-refractivity contribution in [3.05, 3.63) is 52.2 Å². The van der Waals surface area contributed by atoms with Gasteiger partial charge in [-0.1, -0.05) is 25.1 Å². The maximum absolute atomic E-state index is 13.0. The molecule has 1 heterocycles. The van der Waals surface area contributed by atoms with Gasteiger partial charge < -0.3 is 10.6 Å². The van der Waals surface area contributed by atoms with E-state index in [1.807, 2.05) is 31.4 Å². The molecule has 7 heteroatoms. The van der Waals surface area contributed by atoms with Crippen LogP contribution in [0.5, 0.6) is 0 Å². The van der Waals surface area contributed by atoms with Gasteiger partial charge in [-0.3, -0.25) is 4.79 Å². The zero-order chi connectivity index (χ0) is 18.4. The second-order valence-electron chi connectivity index (χ2n) is 5.84. The number of halogens is 3. The summed E-state index contributed by atoms with van der Waals surface area (Å²) in [6.07, 6.45) is -3.54. The molecule has 2 atom stereocenters. The van der Waals surface area contributed by atoms with Crippen LogP contribution in [0.2, 0.25) is 0 Å². The van der Waals surface area contributed by atoms with Gasteiger partial charge in [0.05, 0.1) is 11.3 Å². The smallest absolute Gasteiger partial charge is 0.325 e. The number of benzene rings is 1. The molecule has 0 saturated carbocycles. The Morgan fingerprint density at radius 2 is 1.92 bits per heavy atom. The van der Waals surface area contributed by atoms with E-state index < -0.39 is 17.6 Å². The number of alkyl halides is 3. The highest BCUT2D eigenvalue weighted by atomic mass is 32.1. The highest BCUT2D eigenvalue weighted by molar-refractivity contribution is 7.10. The summed E-state index contributed by atoms with van der Waals surface area (Å²) in [4.78, 5) is 13.3. The molecule has 3 nitrogen and oxygen atoms in total. The van der Waals surface area contributed by atoms with Gasteiger partial charge in [0.1, 0.15) is 0 Å². The zero-order valence-corrected chi connectivity index (χ0v) is 14.9. The Morgan fingerprint density at radius 1 is 1.20 bits per heavy atom. The second kappa shape index (κ2) is 8.49. The highest BCUT2D eigenvalue weighted by Gasteiger charge is 2.33. The van der Waals surface area contributed by atoms with E-state index in [1.165, 1.54) is 23.1 Å². The Bertz CT molecular complexity index is 686. The molecule has 1 aromatic heterocycles. The van der Waals surface area contributed by atoms with Crippen LogP contribution in [0.3, 0.4) is 0 Å². The van der Waals surface area contributed by atoms with Gasteiger partial charge in [0, 0.05) is 23.4 Å². The van der Waals surface area contributed by atoms with Crippen molar-refractivity contribution < 1.29 is 18.0 Å². The minimum absolute atomic E-state index is 0.0913. The molecular weight excluding hydrogens is 349 g/mol. The maximum atomic E-state index is 13.0. The summed E-state index contributed by atoms with van der Waals surface area (Å²) in [5.41, 5.74) is -1.05. The van der Waals surface area contributed by atoms with Crippen molar-refractivity contribution in [1.82, 2.24) is 5.32 Å². The van der Waals surface area contributed by atoms with E-state index in [4.69, 9.17) is 0 Å². The SMILES string of the molecule is CCC(NC(C)CC(=O)Nc1ccccc1C(F)(F)F)c1cccs1. The van der Waals surface area contributed by atoms with E-state index in [1.54, 1.807) is 11.3 Å². The normalized spacial score (nSPS) is 14.1. The molecule has 136 valence electrons. The summed E-state index contributed by atoms with van der Waals surface area (Å²) in [7, 11) is 0. The summed E-state index contributed by atoms with van der Waals surface area (Å²) in [5, 5.41) is 7.73. The summed E-state index contributed by atoms with van der Waals surface area (Å²) in [6, 6.07) is 8.95. The van der Waals surface area contributed by atoms with Gasteiger partial charge in [-0.25, -0.2) is 0 Å². The molecule has 0 aliphatic heterocycles. The average Bonchev–Trinajstić information content (AvgIpc) is 3.06. The summed E-state index contributed by atoms with van der Waals surface area (Å²) < 4.78 is 38.9. The third kappa shape index (κ3) is 5.57. The topological polar surface area (TPSA) is 41.1 Å². The largest absolute Gasteiger partial charge is 0.418 e. The number of hydrogen-bond donors (Lipinski definition) is 2. The van der Waals surface area contributed by atoms with Gasteiger partial charge >= 0.3 is 6.18 Å². The molecule has 2 aromatic rings. The number of para-hydroxylation sites is 1. The minimum atomic E-state index is -4.50. The Kier molecular flexibility index (Phi) is 6.61. The molecule has 0 saturated heterocycles. The molecular formula is C18H21F3N2OS. The number of carbonyl (C=O) groups excluding carboxylic acids is 1. The minimum Gasteiger partial charge on any atom is -0.325 e.